The van der Waals surface area contributed by atoms with E-state index < -0.39 is 11.9 Å². The van der Waals surface area contributed by atoms with Crippen molar-refractivity contribution in [3.63, 3.8) is 0 Å². The molecule has 2 amide bonds. The number of imide groups is 1. The highest BCUT2D eigenvalue weighted by Crippen LogP contribution is 2.41. The maximum atomic E-state index is 13.0. The van der Waals surface area contributed by atoms with E-state index in [1.807, 2.05) is 6.07 Å². The number of aromatic nitrogens is 2. The Balaban J connectivity index is 1.02. The van der Waals surface area contributed by atoms with Gasteiger partial charge in [0.1, 0.15) is 6.04 Å². The van der Waals surface area contributed by atoms with Crippen LogP contribution in [0.3, 0.4) is 0 Å². The molecule has 0 bridgehead atoms. The summed E-state index contributed by atoms with van der Waals surface area (Å²) in [4.78, 5) is 42.3. The summed E-state index contributed by atoms with van der Waals surface area (Å²) in [6, 6.07) is 5.93. The van der Waals surface area contributed by atoms with Gasteiger partial charge >= 0.3 is 5.69 Å². The predicted molar refractivity (Wildman–Crippen MR) is 147 cm³/mol. The number of fused-ring (bicyclic) bond motifs is 1. The lowest BCUT2D eigenvalue weighted by Crippen LogP contribution is -2.60. The molecule has 206 valence electrons. The fourth-order valence-corrected chi connectivity index (χ4v) is 7.40. The van der Waals surface area contributed by atoms with Gasteiger partial charge in [-0.2, -0.15) is 0 Å². The topological polar surface area (TPSA) is 106 Å². The van der Waals surface area contributed by atoms with Gasteiger partial charge in [-0.05, 0) is 93.5 Å². The summed E-state index contributed by atoms with van der Waals surface area (Å²) < 4.78 is 3.17. The van der Waals surface area contributed by atoms with Crippen LogP contribution in [0.25, 0.3) is 11.0 Å². The zero-order chi connectivity index (χ0) is 26.4. The van der Waals surface area contributed by atoms with Crippen LogP contribution in [0, 0.1) is 11.3 Å². The molecule has 1 aromatic carbocycles. The molecule has 1 atom stereocenters. The first kappa shape index (κ1) is 25.8. The molecule has 6 rings (SSSR count). The smallest absolute Gasteiger partial charge is 0.328 e. The van der Waals surface area contributed by atoms with Crippen molar-refractivity contribution in [1.82, 2.24) is 24.3 Å². The van der Waals surface area contributed by atoms with Crippen LogP contribution in [0.4, 0.5) is 0 Å². The Morgan fingerprint density at radius 2 is 1.71 bits per heavy atom. The van der Waals surface area contributed by atoms with Gasteiger partial charge in [-0.15, -0.1) is 0 Å². The van der Waals surface area contributed by atoms with E-state index >= 15 is 0 Å². The van der Waals surface area contributed by atoms with Crippen molar-refractivity contribution in [3.05, 3.63) is 34.2 Å². The highest BCUT2D eigenvalue weighted by molar-refractivity contribution is 6.00. The Bertz CT molecular complexity index is 1260. The second kappa shape index (κ2) is 10.2. The number of hydrogen-bond acceptors (Lipinski definition) is 6. The standard InChI is InChI=1S/C29H42N6O3/c1-32-25-16-20(4-7-23(25)35(28(32)38)24-8-9-26(36)31-27(24)37)10-13-34-18-29(19-34)11-14-33(15-12-29)17-21-2-5-22(30)6-3-21/h4,7,16,21-22,24H,2-3,5-6,8-15,17-19,30H2,1H3,(H,31,36,37)/t21-,22-,24?. The van der Waals surface area contributed by atoms with Crippen molar-refractivity contribution < 1.29 is 9.59 Å². The fraction of sp³-hybridized carbons (Fsp3) is 0.690. The van der Waals surface area contributed by atoms with Gasteiger partial charge in [-0.3, -0.25) is 24.0 Å². The minimum atomic E-state index is -0.639. The number of amides is 2. The third-order valence-corrected chi connectivity index (χ3v) is 9.83. The van der Waals surface area contributed by atoms with Crippen LogP contribution in [0.2, 0.25) is 0 Å². The SMILES string of the molecule is Cn1c(=O)n(C2CCC(=O)NC2=O)c2ccc(CCN3CC4(CCN(C[C@H]5CC[C@H](N)CC5)CC4)C3)cc21. The monoisotopic (exact) mass is 522 g/mol. The van der Waals surface area contributed by atoms with E-state index in [2.05, 4.69) is 27.2 Å². The number of carbonyl (C=O) groups excluding carboxylic acids is 2. The van der Waals surface area contributed by atoms with Crippen LogP contribution in [0.15, 0.2) is 23.0 Å². The largest absolute Gasteiger partial charge is 0.329 e. The molecular formula is C29H42N6O3. The third-order valence-electron chi connectivity index (χ3n) is 9.83. The van der Waals surface area contributed by atoms with Gasteiger partial charge in [0.2, 0.25) is 11.8 Å². The second-order valence-electron chi connectivity index (χ2n) is 12.5. The number of likely N-dealkylation sites (tertiary alicyclic amines) is 2. The molecule has 4 aliphatic rings. The number of nitrogens with zero attached hydrogens (tertiary/aromatic N) is 4. The van der Waals surface area contributed by atoms with Crippen LogP contribution in [-0.4, -0.2) is 76.1 Å². The molecule has 38 heavy (non-hydrogen) atoms. The van der Waals surface area contributed by atoms with Crippen LogP contribution in [0.5, 0.6) is 0 Å². The number of piperidine rings is 2. The second-order valence-corrected chi connectivity index (χ2v) is 12.5. The van der Waals surface area contributed by atoms with E-state index in [0.717, 1.165) is 29.9 Å². The van der Waals surface area contributed by atoms with E-state index in [-0.39, 0.29) is 18.0 Å². The zero-order valence-corrected chi connectivity index (χ0v) is 22.7. The molecule has 1 spiro atoms. The first-order valence-corrected chi connectivity index (χ1v) is 14.5. The number of imidazole rings is 1. The molecule has 1 aromatic heterocycles. The lowest BCUT2D eigenvalue weighted by molar-refractivity contribution is -0.135. The molecular weight excluding hydrogens is 480 g/mol. The van der Waals surface area contributed by atoms with E-state index in [0.29, 0.717) is 17.9 Å². The summed E-state index contributed by atoms with van der Waals surface area (Å²) in [5.74, 6) is 0.181. The number of nitrogens with one attached hydrogen (secondary N) is 1. The molecule has 4 fully saturated rings. The molecule has 3 aliphatic heterocycles. The van der Waals surface area contributed by atoms with Gasteiger partial charge < -0.3 is 15.5 Å². The lowest BCUT2D eigenvalue weighted by atomic mass is 9.71. The molecule has 9 heteroatoms. The highest BCUT2D eigenvalue weighted by Gasteiger charge is 2.44. The normalized spacial score (nSPS) is 28.5. The van der Waals surface area contributed by atoms with E-state index in [1.54, 1.807) is 16.2 Å². The van der Waals surface area contributed by atoms with Crippen LogP contribution in [-0.2, 0) is 23.1 Å². The van der Waals surface area contributed by atoms with Gasteiger partial charge in [-0.25, -0.2) is 4.79 Å². The van der Waals surface area contributed by atoms with Gasteiger partial charge in [-0.1, -0.05) is 6.07 Å². The van der Waals surface area contributed by atoms with E-state index in [9.17, 15) is 14.4 Å². The van der Waals surface area contributed by atoms with Crippen molar-refractivity contribution in [3.8, 4) is 0 Å². The van der Waals surface area contributed by atoms with Crippen molar-refractivity contribution in [2.75, 3.05) is 39.3 Å². The lowest BCUT2D eigenvalue weighted by Gasteiger charge is -2.54. The molecule has 3 N–H and O–H groups in total. The number of aryl methyl sites for hydroxylation is 1. The predicted octanol–water partition coefficient (Wildman–Crippen LogP) is 1.78. The minimum Gasteiger partial charge on any atom is -0.328 e. The number of nitrogens with two attached hydrogens (primary N) is 1. The summed E-state index contributed by atoms with van der Waals surface area (Å²) in [6.45, 7) is 7.18. The zero-order valence-electron chi connectivity index (χ0n) is 22.7. The Labute approximate surface area is 224 Å². The molecule has 1 unspecified atom stereocenters. The molecule has 4 heterocycles. The van der Waals surface area contributed by atoms with Crippen molar-refractivity contribution >= 4 is 22.8 Å². The van der Waals surface area contributed by atoms with Crippen molar-refractivity contribution in [2.24, 2.45) is 24.1 Å². The number of carbonyl (C=O) groups is 2. The molecule has 9 nitrogen and oxygen atoms in total. The quantitative estimate of drug-likeness (QED) is 0.561. The number of rotatable bonds is 6. The summed E-state index contributed by atoms with van der Waals surface area (Å²) in [6.07, 6.45) is 9.20. The molecule has 1 aliphatic carbocycles. The maximum Gasteiger partial charge on any atom is 0.329 e. The fourth-order valence-electron chi connectivity index (χ4n) is 7.40. The first-order chi connectivity index (χ1) is 18.3. The maximum absolute atomic E-state index is 13.0. The van der Waals surface area contributed by atoms with Crippen molar-refractivity contribution in [2.45, 2.75) is 69.9 Å². The van der Waals surface area contributed by atoms with Gasteiger partial charge in [0.25, 0.3) is 0 Å². The summed E-state index contributed by atoms with van der Waals surface area (Å²) in [7, 11) is 1.76. The summed E-state index contributed by atoms with van der Waals surface area (Å²) in [5.41, 5.74) is 9.18. The van der Waals surface area contributed by atoms with Gasteiger partial charge in [0.15, 0.2) is 0 Å². The average Bonchev–Trinajstić information content (AvgIpc) is 3.13. The molecule has 0 radical (unpaired) electrons. The average molecular weight is 523 g/mol. The van der Waals surface area contributed by atoms with Crippen LogP contribution >= 0.6 is 0 Å². The summed E-state index contributed by atoms with van der Waals surface area (Å²) in [5, 5.41) is 2.37. The molecule has 2 aromatic rings. The minimum absolute atomic E-state index is 0.213. The first-order valence-electron chi connectivity index (χ1n) is 14.5. The highest BCUT2D eigenvalue weighted by atomic mass is 16.2. The third kappa shape index (κ3) is 4.96. The van der Waals surface area contributed by atoms with Crippen LogP contribution < -0.4 is 16.7 Å². The van der Waals surface area contributed by atoms with Crippen LogP contribution in [0.1, 0.15) is 63.0 Å². The number of hydrogen-bond donors (Lipinski definition) is 2. The van der Waals surface area contributed by atoms with Crippen molar-refractivity contribution in [1.29, 1.82) is 0 Å². The van der Waals surface area contributed by atoms with E-state index in [1.165, 1.54) is 76.8 Å². The Morgan fingerprint density at radius 1 is 0.974 bits per heavy atom. The Hall–Kier alpha value is -2.49. The van der Waals surface area contributed by atoms with E-state index in [4.69, 9.17) is 5.73 Å². The van der Waals surface area contributed by atoms with Gasteiger partial charge in [0.05, 0.1) is 11.0 Å². The Kier molecular flexibility index (Phi) is 6.95. The number of benzene rings is 1. The summed E-state index contributed by atoms with van der Waals surface area (Å²) >= 11 is 0. The molecule has 3 saturated heterocycles. The molecule has 1 saturated carbocycles. The Morgan fingerprint density at radius 3 is 2.42 bits per heavy atom. The van der Waals surface area contributed by atoms with Gasteiger partial charge in [0, 0.05) is 45.7 Å².